The molecule has 0 aromatic carbocycles. The largest absolute Gasteiger partial charge is 0.478 e. The number of carbonyl (C=O) groups excluding carboxylic acids is 1. The maximum atomic E-state index is 11.7. The summed E-state index contributed by atoms with van der Waals surface area (Å²) in [6.07, 6.45) is -7.70. The zero-order valence-corrected chi connectivity index (χ0v) is 15.9. The number of carbonyl (C=O) groups is 2. The monoisotopic (exact) mass is 432 g/mol. The third-order valence-corrected chi connectivity index (χ3v) is 5.38. The van der Waals surface area contributed by atoms with Crippen molar-refractivity contribution >= 4 is 11.9 Å². The number of hydrogen-bond acceptors (Lipinski definition) is 11. The van der Waals surface area contributed by atoms with Crippen molar-refractivity contribution in [2.24, 2.45) is 11.8 Å². The lowest BCUT2D eigenvalue weighted by Gasteiger charge is -2.43. The molecule has 0 spiro atoms. The predicted octanol–water partition coefficient (Wildman–Crippen LogP) is -2.78. The molecule has 1 saturated heterocycles. The fraction of sp³-hybridized carbons (Fsp3) is 0.667. The molecule has 9 atom stereocenters. The zero-order chi connectivity index (χ0) is 22.2. The molecule has 0 aromatic rings. The van der Waals surface area contributed by atoms with Crippen molar-refractivity contribution in [3.63, 3.8) is 0 Å². The molecule has 1 fully saturated rings. The Hall–Kier alpha value is -2.06. The summed E-state index contributed by atoms with van der Waals surface area (Å²) in [5.41, 5.74) is 0.0762. The van der Waals surface area contributed by atoms with Gasteiger partial charge in [0.2, 0.25) is 6.29 Å². The Morgan fingerprint density at radius 3 is 2.33 bits per heavy atom. The maximum Gasteiger partial charge on any atom is 0.335 e. The number of hydrogen-bond donors (Lipinski definition) is 6. The van der Waals surface area contributed by atoms with Crippen molar-refractivity contribution in [3.8, 4) is 0 Å². The Morgan fingerprint density at radius 1 is 1.07 bits per heavy atom. The summed E-state index contributed by atoms with van der Waals surface area (Å²) in [7, 11) is 0. The van der Waals surface area contributed by atoms with Gasteiger partial charge in [-0.25, -0.2) is 4.79 Å². The summed E-state index contributed by atoms with van der Waals surface area (Å²) in [5, 5.41) is 58.5. The van der Waals surface area contributed by atoms with Gasteiger partial charge in [-0.2, -0.15) is 0 Å². The highest BCUT2D eigenvalue weighted by molar-refractivity contribution is 5.87. The molecule has 1 aliphatic carbocycles. The van der Waals surface area contributed by atoms with Crippen molar-refractivity contribution in [3.05, 3.63) is 23.5 Å². The number of ether oxygens (including phenoxy) is 4. The first-order valence-corrected chi connectivity index (χ1v) is 9.23. The smallest absolute Gasteiger partial charge is 0.335 e. The Kier molecular flexibility index (Phi) is 6.77. The molecular formula is C18H24O12. The van der Waals surface area contributed by atoms with E-state index < -0.39 is 80.1 Å². The SMILES string of the molecule is CC(=O)O[C@H]1C=C(CO)[C@@H]2[C@H](O[C@@H]3O[C@H](CO)[C@@H](O)[C@H](O)[C@H]3O)OC=C(C(=O)O)[C@@H]21. The van der Waals surface area contributed by atoms with Gasteiger partial charge in [-0.05, 0) is 11.6 Å². The minimum Gasteiger partial charge on any atom is -0.478 e. The van der Waals surface area contributed by atoms with Crippen LogP contribution >= 0.6 is 0 Å². The number of aliphatic hydroxyl groups excluding tert-OH is 5. The topological polar surface area (TPSA) is 192 Å². The van der Waals surface area contributed by atoms with Gasteiger partial charge in [0.15, 0.2) is 6.29 Å². The van der Waals surface area contributed by atoms with Crippen LogP contribution in [0.5, 0.6) is 0 Å². The second-order valence-corrected chi connectivity index (χ2v) is 7.24. The molecule has 12 heteroatoms. The molecule has 2 heterocycles. The number of aliphatic hydroxyl groups is 5. The van der Waals surface area contributed by atoms with E-state index in [0.29, 0.717) is 0 Å². The number of carboxylic acid groups (broad SMARTS) is 1. The Morgan fingerprint density at radius 2 is 1.77 bits per heavy atom. The molecule has 2 aliphatic heterocycles. The summed E-state index contributed by atoms with van der Waals surface area (Å²) in [5.74, 6) is -3.84. The second kappa shape index (κ2) is 8.98. The summed E-state index contributed by atoms with van der Waals surface area (Å²) < 4.78 is 21.5. The molecule has 0 radical (unpaired) electrons. The zero-order valence-electron chi connectivity index (χ0n) is 15.9. The Balaban J connectivity index is 1.88. The standard InChI is InChI=1S/C18H24O12/c1-6(21)28-9-2-7(3-19)11-12(9)8(16(25)26)5-27-17(11)30-18-15(24)14(23)13(22)10(4-20)29-18/h2,5,9-15,17-20,22-24H,3-4H2,1H3,(H,25,26)/t9-,10+,11-,12+,13+,14-,15+,17-,18-/m0/s1. The van der Waals surface area contributed by atoms with Crippen LogP contribution in [0.15, 0.2) is 23.5 Å². The van der Waals surface area contributed by atoms with Crippen molar-refractivity contribution in [1.29, 1.82) is 0 Å². The lowest BCUT2D eigenvalue weighted by molar-refractivity contribution is -0.340. The first-order chi connectivity index (χ1) is 14.2. The average molecular weight is 432 g/mol. The van der Waals surface area contributed by atoms with E-state index in [1.165, 1.54) is 6.08 Å². The van der Waals surface area contributed by atoms with Crippen LogP contribution in [0.1, 0.15) is 6.92 Å². The number of carboxylic acids is 1. The molecule has 168 valence electrons. The van der Waals surface area contributed by atoms with Crippen LogP contribution in [-0.4, -0.2) is 98.9 Å². The van der Waals surface area contributed by atoms with E-state index >= 15 is 0 Å². The molecule has 0 saturated carbocycles. The minimum atomic E-state index is -1.71. The fourth-order valence-electron chi connectivity index (χ4n) is 3.96. The molecule has 0 bridgehead atoms. The van der Waals surface area contributed by atoms with Crippen molar-refractivity contribution in [2.75, 3.05) is 13.2 Å². The van der Waals surface area contributed by atoms with Gasteiger partial charge in [0.1, 0.15) is 30.5 Å². The summed E-state index contributed by atoms with van der Waals surface area (Å²) >= 11 is 0. The first-order valence-electron chi connectivity index (χ1n) is 9.23. The van der Waals surface area contributed by atoms with E-state index in [2.05, 4.69) is 0 Å². The van der Waals surface area contributed by atoms with Crippen LogP contribution in [0, 0.1) is 11.8 Å². The van der Waals surface area contributed by atoms with Gasteiger partial charge in [0.05, 0.1) is 31.0 Å². The van der Waals surface area contributed by atoms with Crippen LogP contribution in [0.25, 0.3) is 0 Å². The molecule has 0 aromatic heterocycles. The van der Waals surface area contributed by atoms with E-state index in [-0.39, 0.29) is 11.1 Å². The fourth-order valence-corrected chi connectivity index (χ4v) is 3.96. The van der Waals surface area contributed by atoms with E-state index in [1.54, 1.807) is 0 Å². The predicted molar refractivity (Wildman–Crippen MR) is 93.1 cm³/mol. The Bertz CT molecular complexity index is 731. The van der Waals surface area contributed by atoms with Crippen LogP contribution in [0.2, 0.25) is 0 Å². The molecule has 0 amide bonds. The van der Waals surface area contributed by atoms with Crippen LogP contribution in [0.4, 0.5) is 0 Å². The summed E-state index contributed by atoms with van der Waals surface area (Å²) in [6.45, 7) is -0.0172. The number of esters is 1. The van der Waals surface area contributed by atoms with Gasteiger partial charge in [-0.1, -0.05) is 0 Å². The highest BCUT2D eigenvalue weighted by Gasteiger charge is 2.53. The van der Waals surface area contributed by atoms with Gasteiger partial charge in [0.25, 0.3) is 0 Å². The van der Waals surface area contributed by atoms with E-state index in [1.807, 2.05) is 0 Å². The lowest BCUT2D eigenvalue weighted by atomic mass is 9.82. The summed E-state index contributed by atoms with van der Waals surface area (Å²) in [4.78, 5) is 23.1. The summed E-state index contributed by atoms with van der Waals surface area (Å²) in [6, 6.07) is 0. The number of aliphatic carboxylic acids is 1. The molecule has 3 rings (SSSR count). The van der Waals surface area contributed by atoms with E-state index in [9.17, 15) is 40.2 Å². The minimum absolute atomic E-state index is 0.209. The van der Waals surface area contributed by atoms with Gasteiger partial charge in [-0.3, -0.25) is 4.79 Å². The number of rotatable bonds is 6. The molecule has 6 N–H and O–H groups in total. The van der Waals surface area contributed by atoms with Crippen molar-refractivity contribution in [1.82, 2.24) is 0 Å². The van der Waals surface area contributed by atoms with Crippen molar-refractivity contribution < 1.29 is 59.2 Å². The molecule has 12 nitrogen and oxygen atoms in total. The quantitative estimate of drug-likeness (QED) is 0.187. The van der Waals surface area contributed by atoms with Gasteiger partial charge >= 0.3 is 11.9 Å². The normalized spacial score (nSPS) is 40.7. The second-order valence-electron chi connectivity index (χ2n) is 7.24. The Labute approximate surface area is 170 Å². The molecular weight excluding hydrogens is 408 g/mol. The van der Waals surface area contributed by atoms with E-state index in [4.69, 9.17) is 18.9 Å². The lowest BCUT2D eigenvalue weighted by Crippen LogP contribution is -2.60. The van der Waals surface area contributed by atoms with Gasteiger partial charge < -0.3 is 49.6 Å². The van der Waals surface area contributed by atoms with E-state index in [0.717, 1.165) is 13.2 Å². The highest BCUT2D eigenvalue weighted by atomic mass is 16.8. The third-order valence-electron chi connectivity index (χ3n) is 5.38. The van der Waals surface area contributed by atoms with Crippen molar-refractivity contribution in [2.45, 2.75) is 50.0 Å². The van der Waals surface area contributed by atoms with Crippen LogP contribution < -0.4 is 0 Å². The van der Waals surface area contributed by atoms with Crippen LogP contribution in [-0.2, 0) is 28.5 Å². The van der Waals surface area contributed by atoms with Gasteiger partial charge in [-0.15, -0.1) is 0 Å². The first kappa shape index (κ1) is 22.6. The maximum absolute atomic E-state index is 11.7. The number of fused-ring (bicyclic) bond motifs is 1. The highest BCUT2D eigenvalue weighted by Crippen LogP contribution is 2.45. The van der Waals surface area contributed by atoms with Crippen LogP contribution in [0.3, 0.4) is 0 Å². The average Bonchev–Trinajstić information content (AvgIpc) is 3.06. The third kappa shape index (κ3) is 4.07. The molecule has 0 unspecified atom stereocenters. The molecule has 30 heavy (non-hydrogen) atoms. The molecule has 3 aliphatic rings. The van der Waals surface area contributed by atoms with Gasteiger partial charge in [0, 0.05) is 12.8 Å².